The lowest BCUT2D eigenvalue weighted by Gasteiger charge is -2.15. The number of anilines is 1. The Morgan fingerprint density at radius 1 is 1.16 bits per heavy atom. The highest BCUT2D eigenvalue weighted by Gasteiger charge is 2.19. The van der Waals surface area contributed by atoms with Crippen LogP contribution in [0, 0.1) is 5.92 Å². The van der Waals surface area contributed by atoms with E-state index in [4.69, 9.17) is 5.73 Å². The molecule has 0 amide bonds. The zero-order chi connectivity index (χ0) is 14.5. The van der Waals surface area contributed by atoms with Crippen molar-refractivity contribution in [3.8, 4) is 0 Å². The first kappa shape index (κ1) is 16.0. The molecule has 0 aromatic heterocycles. The summed E-state index contributed by atoms with van der Waals surface area (Å²) < 4.78 is 27.0. The van der Waals surface area contributed by atoms with E-state index in [-0.39, 0.29) is 16.6 Å². The third-order valence-electron chi connectivity index (χ3n) is 2.98. The maximum absolute atomic E-state index is 12.2. The third-order valence-corrected chi connectivity index (χ3v) is 4.65. The topological polar surface area (TPSA) is 72.2 Å². The van der Waals surface area contributed by atoms with Gasteiger partial charge in [-0.15, -0.1) is 0 Å². The molecule has 1 unspecified atom stereocenters. The Morgan fingerprint density at radius 3 is 2.37 bits per heavy atom. The van der Waals surface area contributed by atoms with Crippen LogP contribution in [-0.4, -0.2) is 14.5 Å². The molecule has 0 aliphatic heterocycles. The number of sulfonamides is 1. The van der Waals surface area contributed by atoms with Gasteiger partial charge in [-0.25, -0.2) is 13.1 Å². The second-order valence-corrected chi connectivity index (χ2v) is 7.07. The van der Waals surface area contributed by atoms with Crippen LogP contribution >= 0.6 is 0 Å². The number of hydrogen-bond acceptors (Lipinski definition) is 3. The summed E-state index contributed by atoms with van der Waals surface area (Å²) in [4.78, 5) is 0.158. The van der Waals surface area contributed by atoms with Crippen molar-refractivity contribution in [2.45, 2.75) is 51.0 Å². The highest BCUT2D eigenvalue weighted by atomic mass is 32.2. The summed E-state index contributed by atoms with van der Waals surface area (Å²) in [6.07, 6.45) is 2.97. The zero-order valence-corrected chi connectivity index (χ0v) is 12.7. The number of benzene rings is 1. The fourth-order valence-electron chi connectivity index (χ4n) is 1.94. The quantitative estimate of drug-likeness (QED) is 0.756. The van der Waals surface area contributed by atoms with Gasteiger partial charge in [0.2, 0.25) is 10.0 Å². The molecule has 0 spiro atoms. The van der Waals surface area contributed by atoms with Crippen LogP contribution in [0.5, 0.6) is 0 Å². The van der Waals surface area contributed by atoms with Gasteiger partial charge >= 0.3 is 0 Å². The van der Waals surface area contributed by atoms with Gasteiger partial charge in [-0.2, -0.15) is 0 Å². The first-order valence-corrected chi connectivity index (χ1v) is 8.18. The molecule has 0 saturated heterocycles. The highest BCUT2D eigenvalue weighted by Crippen LogP contribution is 2.18. The standard InChI is InChI=1S/C14H24N2O2S/c1-11(2)7-6-8-12(3)16-19(17,18)14-10-5-4-9-13(14)15/h4-5,9-12,16H,6-8,15H2,1-3H3. The maximum atomic E-state index is 12.2. The van der Waals surface area contributed by atoms with Crippen molar-refractivity contribution in [2.24, 2.45) is 5.92 Å². The molecular weight excluding hydrogens is 260 g/mol. The van der Waals surface area contributed by atoms with E-state index in [1.165, 1.54) is 6.07 Å². The minimum atomic E-state index is -3.52. The highest BCUT2D eigenvalue weighted by molar-refractivity contribution is 7.89. The van der Waals surface area contributed by atoms with Crippen LogP contribution in [0.15, 0.2) is 29.2 Å². The molecule has 0 bridgehead atoms. The van der Waals surface area contributed by atoms with Gasteiger partial charge in [0.25, 0.3) is 0 Å². The summed E-state index contributed by atoms with van der Waals surface area (Å²) in [7, 11) is -3.52. The van der Waals surface area contributed by atoms with E-state index in [2.05, 4.69) is 18.6 Å². The van der Waals surface area contributed by atoms with Crippen LogP contribution in [0.2, 0.25) is 0 Å². The van der Waals surface area contributed by atoms with E-state index in [0.29, 0.717) is 5.92 Å². The molecule has 1 aromatic carbocycles. The molecular formula is C14H24N2O2S. The molecule has 108 valence electrons. The van der Waals surface area contributed by atoms with Crippen molar-refractivity contribution in [2.75, 3.05) is 5.73 Å². The van der Waals surface area contributed by atoms with Crippen molar-refractivity contribution < 1.29 is 8.42 Å². The van der Waals surface area contributed by atoms with Crippen LogP contribution in [0.3, 0.4) is 0 Å². The van der Waals surface area contributed by atoms with E-state index >= 15 is 0 Å². The normalized spacial score (nSPS) is 13.7. The van der Waals surface area contributed by atoms with Crippen molar-refractivity contribution >= 4 is 15.7 Å². The van der Waals surface area contributed by atoms with Crippen LogP contribution in [0.25, 0.3) is 0 Å². The average molecular weight is 284 g/mol. The van der Waals surface area contributed by atoms with E-state index in [1.54, 1.807) is 18.2 Å². The summed E-state index contributed by atoms with van der Waals surface area (Å²) in [5, 5.41) is 0. The summed E-state index contributed by atoms with van der Waals surface area (Å²) in [6.45, 7) is 6.22. The van der Waals surface area contributed by atoms with Crippen molar-refractivity contribution in [3.05, 3.63) is 24.3 Å². The molecule has 0 fully saturated rings. The summed E-state index contributed by atoms with van der Waals surface area (Å²) >= 11 is 0. The first-order valence-electron chi connectivity index (χ1n) is 6.69. The summed E-state index contributed by atoms with van der Waals surface area (Å²) in [6, 6.07) is 6.44. The van der Waals surface area contributed by atoms with Gasteiger partial charge in [0.15, 0.2) is 0 Å². The third kappa shape index (κ3) is 5.20. The lowest BCUT2D eigenvalue weighted by atomic mass is 10.0. The molecule has 0 radical (unpaired) electrons. The predicted molar refractivity (Wildman–Crippen MR) is 79.3 cm³/mol. The smallest absolute Gasteiger partial charge is 0.242 e. The summed E-state index contributed by atoms with van der Waals surface area (Å²) in [5.74, 6) is 0.647. The Balaban J connectivity index is 2.63. The molecule has 19 heavy (non-hydrogen) atoms. The van der Waals surface area contributed by atoms with E-state index < -0.39 is 10.0 Å². The first-order chi connectivity index (χ1) is 8.83. The van der Waals surface area contributed by atoms with Gasteiger partial charge in [0.1, 0.15) is 4.90 Å². The molecule has 5 heteroatoms. The fourth-order valence-corrected chi connectivity index (χ4v) is 3.36. The van der Waals surface area contributed by atoms with Crippen molar-refractivity contribution in [3.63, 3.8) is 0 Å². The minimum absolute atomic E-state index is 0.0802. The molecule has 1 atom stereocenters. The van der Waals surface area contributed by atoms with Gasteiger partial charge in [0.05, 0.1) is 5.69 Å². The zero-order valence-electron chi connectivity index (χ0n) is 11.9. The van der Waals surface area contributed by atoms with Gasteiger partial charge in [-0.3, -0.25) is 0 Å². The number of nitrogens with one attached hydrogen (secondary N) is 1. The van der Waals surface area contributed by atoms with Crippen molar-refractivity contribution in [1.29, 1.82) is 0 Å². The lowest BCUT2D eigenvalue weighted by molar-refractivity contribution is 0.488. The number of rotatable bonds is 7. The number of nitrogens with two attached hydrogens (primary N) is 1. The molecule has 0 aliphatic rings. The van der Waals surface area contributed by atoms with Crippen molar-refractivity contribution in [1.82, 2.24) is 4.72 Å². The number of para-hydroxylation sites is 1. The minimum Gasteiger partial charge on any atom is -0.398 e. The molecule has 1 rings (SSSR count). The Kier molecular flexibility index (Phi) is 5.82. The van der Waals surface area contributed by atoms with Gasteiger partial charge < -0.3 is 5.73 Å². The Morgan fingerprint density at radius 2 is 1.79 bits per heavy atom. The fraction of sp³-hybridized carbons (Fsp3) is 0.571. The molecule has 3 N–H and O–H groups in total. The van der Waals surface area contributed by atoms with Crippen LogP contribution < -0.4 is 10.5 Å². The van der Waals surface area contributed by atoms with Crippen LogP contribution in [-0.2, 0) is 10.0 Å². The molecule has 0 heterocycles. The average Bonchev–Trinajstić information content (AvgIpc) is 2.27. The van der Waals surface area contributed by atoms with Gasteiger partial charge in [-0.05, 0) is 31.4 Å². The molecule has 1 aromatic rings. The second kappa shape index (κ2) is 6.91. The maximum Gasteiger partial charge on any atom is 0.242 e. The van der Waals surface area contributed by atoms with Gasteiger partial charge in [0, 0.05) is 6.04 Å². The molecule has 4 nitrogen and oxygen atoms in total. The summed E-state index contributed by atoms with van der Waals surface area (Å²) in [5.41, 5.74) is 5.98. The Bertz CT molecular complexity index is 498. The lowest BCUT2D eigenvalue weighted by Crippen LogP contribution is -2.33. The Labute approximate surface area is 116 Å². The molecule has 0 aliphatic carbocycles. The number of nitrogen functional groups attached to an aromatic ring is 1. The van der Waals surface area contributed by atoms with Crippen LogP contribution in [0.1, 0.15) is 40.0 Å². The predicted octanol–water partition coefficient (Wildman–Crippen LogP) is 2.76. The SMILES string of the molecule is CC(C)CCCC(C)NS(=O)(=O)c1ccccc1N. The Hall–Kier alpha value is -1.07. The van der Waals surface area contributed by atoms with E-state index in [1.807, 2.05) is 6.92 Å². The monoisotopic (exact) mass is 284 g/mol. The van der Waals surface area contributed by atoms with E-state index in [0.717, 1.165) is 19.3 Å². The van der Waals surface area contributed by atoms with E-state index in [9.17, 15) is 8.42 Å². The number of hydrogen-bond donors (Lipinski definition) is 2. The second-order valence-electron chi connectivity index (χ2n) is 5.38. The largest absolute Gasteiger partial charge is 0.398 e. The molecule has 0 saturated carbocycles. The van der Waals surface area contributed by atoms with Gasteiger partial charge in [-0.1, -0.05) is 38.8 Å². The van der Waals surface area contributed by atoms with Crippen LogP contribution in [0.4, 0.5) is 5.69 Å².